The predicted octanol–water partition coefficient (Wildman–Crippen LogP) is 2.51. The minimum Gasteiger partial charge on any atom is -0.384 e. The highest BCUT2D eigenvalue weighted by Crippen LogP contribution is 2.24. The molecular weight excluding hydrogens is 310 g/mol. The fourth-order valence-electron chi connectivity index (χ4n) is 3.03. The molecule has 1 saturated heterocycles. The maximum absolute atomic E-state index is 10.9. The number of nitrogens with zero attached hydrogens (tertiary/aromatic N) is 2. The molecule has 7 heteroatoms. The Kier molecular flexibility index (Phi) is 7.42. The molecule has 0 radical (unpaired) electrons. The Morgan fingerprint density at radius 2 is 2.04 bits per heavy atom. The van der Waals surface area contributed by atoms with Gasteiger partial charge in [0.2, 0.25) is 0 Å². The first-order valence-corrected chi connectivity index (χ1v) is 8.35. The number of methoxy groups -OCH3 is 2. The summed E-state index contributed by atoms with van der Waals surface area (Å²) in [5.41, 5.74) is 1.84. The van der Waals surface area contributed by atoms with Crippen LogP contribution < -0.4 is 5.32 Å². The lowest BCUT2D eigenvalue weighted by atomic mass is 9.96. The van der Waals surface area contributed by atoms with Crippen LogP contribution in [0.5, 0.6) is 0 Å². The van der Waals surface area contributed by atoms with Gasteiger partial charge in [-0.05, 0) is 37.9 Å². The molecule has 0 aliphatic carbocycles. The zero-order valence-electron chi connectivity index (χ0n) is 14.5. The third-order valence-electron chi connectivity index (χ3n) is 4.50. The Balaban J connectivity index is 1.87. The highest BCUT2D eigenvalue weighted by molar-refractivity contribution is 5.55. The van der Waals surface area contributed by atoms with Crippen LogP contribution in [0.15, 0.2) is 18.2 Å². The topological polar surface area (TPSA) is 76.9 Å². The smallest absolute Gasteiger partial charge is 0.269 e. The van der Waals surface area contributed by atoms with Gasteiger partial charge in [-0.15, -0.1) is 0 Å². The number of non-ortho nitro benzene ring substituents is 1. The second-order valence-electron chi connectivity index (χ2n) is 6.19. The standard InChI is InChI=1S/C17H27N3O4/c1-23-10-9-19-7-5-14(6-8-19)12-18-17-4-3-16(20(21)22)11-15(17)13-24-2/h3-4,11,14,18H,5-10,12-13H2,1-2H3. The lowest BCUT2D eigenvalue weighted by Crippen LogP contribution is -2.37. The molecule has 0 spiro atoms. The Hall–Kier alpha value is -1.70. The molecule has 1 aromatic rings. The average molecular weight is 337 g/mol. The first kappa shape index (κ1) is 18.6. The van der Waals surface area contributed by atoms with E-state index >= 15 is 0 Å². The number of likely N-dealkylation sites (tertiary alicyclic amines) is 1. The van der Waals surface area contributed by atoms with Crippen LogP contribution in [0.2, 0.25) is 0 Å². The van der Waals surface area contributed by atoms with Crippen molar-refractivity contribution in [3.63, 3.8) is 0 Å². The van der Waals surface area contributed by atoms with E-state index in [1.54, 1.807) is 26.4 Å². The largest absolute Gasteiger partial charge is 0.384 e. The van der Waals surface area contributed by atoms with Crippen molar-refractivity contribution in [3.05, 3.63) is 33.9 Å². The lowest BCUT2D eigenvalue weighted by molar-refractivity contribution is -0.384. The molecule has 1 heterocycles. The normalized spacial score (nSPS) is 16.2. The van der Waals surface area contributed by atoms with Gasteiger partial charge < -0.3 is 19.7 Å². The molecule has 0 saturated carbocycles. The van der Waals surface area contributed by atoms with E-state index in [9.17, 15) is 10.1 Å². The van der Waals surface area contributed by atoms with E-state index in [-0.39, 0.29) is 10.6 Å². The van der Waals surface area contributed by atoms with Crippen LogP contribution in [0.25, 0.3) is 0 Å². The van der Waals surface area contributed by atoms with Gasteiger partial charge in [-0.2, -0.15) is 0 Å². The highest BCUT2D eigenvalue weighted by atomic mass is 16.6. The number of benzene rings is 1. The van der Waals surface area contributed by atoms with Crippen LogP contribution >= 0.6 is 0 Å². The van der Waals surface area contributed by atoms with Gasteiger partial charge in [0.25, 0.3) is 5.69 Å². The summed E-state index contributed by atoms with van der Waals surface area (Å²) in [6, 6.07) is 4.90. The summed E-state index contributed by atoms with van der Waals surface area (Å²) in [4.78, 5) is 13.0. The van der Waals surface area contributed by atoms with Crippen LogP contribution in [0.3, 0.4) is 0 Å². The molecule has 1 N–H and O–H groups in total. The highest BCUT2D eigenvalue weighted by Gasteiger charge is 2.19. The summed E-state index contributed by atoms with van der Waals surface area (Å²) in [6.45, 7) is 5.22. The summed E-state index contributed by atoms with van der Waals surface area (Å²) in [6.07, 6.45) is 2.31. The molecular formula is C17H27N3O4. The third kappa shape index (κ3) is 5.43. The van der Waals surface area contributed by atoms with Crippen molar-refractivity contribution in [1.29, 1.82) is 0 Å². The molecule has 7 nitrogen and oxygen atoms in total. The van der Waals surface area contributed by atoms with Gasteiger partial charge in [0.05, 0.1) is 18.1 Å². The van der Waals surface area contributed by atoms with Gasteiger partial charge in [-0.3, -0.25) is 10.1 Å². The number of rotatable bonds is 9. The Morgan fingerprint density at radius 3 is 2.67 bits per heavy atom. The number of nitro benzene ring substituents is 1. The minimum atomic E-state index is -0.376. The van der Waals surface area contributed by atoms with E-state index in [0.29, 0.717) is 12.5 Å². The fraction of sp³-hybridized carbons (Fsp3) is 0.647. The molecule has 1 aromatic carbocycles. The fourth-order valence-corrected chi connectivity index (χ4v) is 3.03. The number of anilines is 1. The predicted molar refractivity (Wildman–Crippen MR) is 93.3 cm³/mol. The zero-order chi connectivity index (χ0) is 17.4. The van der Waals surface area contributed by atoms with Crippen molar-refractivity contribution in [3.8, 4) is 0 Å². The van der Waals surface area contributed by atoms with Crippen molar-refractivity contribution in [1.82, 2.24) is 4.90 Å². The molecule has 0 atom stereocenters. The van der Waals surface area contributed by atoms with Crippen LogP contribution in [-0.4, -0.2) is 56.8 Å². The maximum atomic E-state index is 10.9. The molecule has 0 aromatic heterocycles. The first-order chi connectivity index (χ1) is 11.6. The number of piperidine rings is 1. The number of hydrogen-bond acceptors (Lipinski definition) is 6. The van der Waals surface area contributed by atoms with E-state index < -0.39 is 0 Å². The summed E-state index contributed by atoms with van der Waals surface area (Å²) >= 11 is 0. The molecule has 0 amide bonds. The van der Waals surface area contributed by atoms with Gasteiger partial charge in [0.15, 0.2) is 0 Å². The average Bonchev–Trinajstić information content (AvgIpc) is 2.60. The molecule has 0 bridgehead atoms. The Morgan fingerprint density at radius 1 is 1.29 bits per heavy atom. The van der Waals surface area contributed by atoms with E-state index in [1.807, 2.05) is 0 Å². The van der Waals surface area contributed by atoms with E-state index in [0.717, 1.165) is 56.9 Å². The van der Waals surface area contributed by atoms with Crippen LogP contribution in [0.1, 0.15) is 18.4 Å². The SMILES string of the molecule is COCCN1CCC(CNc2ccc([N+](=O)[O-])cc2COC)CC1. The second-order valence-corrected chi connectivity index (χ2v) is 6.19. The number of nitro groups is 1. The van der Waals surface area contributed by atoms with Crippen LogP contribution in [0, 0.1) is 16.0 Å². The van der Waals surface area contributed by atoms with E-state index in [1.165, 1.54) is 6.07 Å². The van der Waals surface area contributed by atoms with Crippen molar-refractivity contribution >= 4 is 11.4 Å². The molecule has 1 aliphatic rings. The van der Waals surface area contributed by atoms with E-state index in [4.69, 9.17) is 9.47 Å². The summed E-state index contributed by atoms with van der Waals surface area (Å²) < 4.78 is 10.3. The summed E-state index contributed by atoms with van der Waals surface area (Å²) in [5, 5.41) is 14.4. The Labute approximate surface area is 143 Å². The molecule has 24 heavy (non-hydrogen) atoms. The number of nitrogens with one attached hydrogen (secondary N) is 1. The van der Waals surface area contributed by atoms with Crippen LogP contribution in [0.4, 0.5) is 11.4 Å². The monoisotopic (exact) mass is 337 g/mol. The molecule has 134 valence electrons. The molecule has 2 rings (SSSR count). The van der Waals surface area contributed by atoms with Gasteiger partial charge >= 0.3 is 0 Å². The van der Waals surface area contributed by atoms with Gasteiger partial charge in [-0.1, -0.05) is 0 Å². The van der Waals surface area contributed by atoms with Crippen molar-refractivity contribution < 1.29 is 14.4 Å². The minimum absolute atomic E-state index is 0.0963. The zero-order valence-corrected chi connectivity index (χ0v) is 14.5. The number of ether oxygens (including phenoxy) is 2. The number of hydrogen-bond donors (Lipinski definition) is 1. The maximum Gasteiger partial charge on any atom is 0.269 e. The van der Waals surface area contributed by atoms with Crippen molar-refractivity contribution in [2.24, 2.45) is 5.92 Å². The lowest BCUT2D eigenvalue weighted by Gasteiger charge is -2.32. The van der Waals surface area contributed by atoms with Crippen LogP contribution in [-0.2, 0) is 16.1 Å². The molecule has 1 aliphatic heterocycles. The van der Waals surface area contributed by atoms with E-state index in [2.05, 4.69) is 10.2 Å². The summed E-state index contributed by atoms with van der Waals surface area (Å²) in [7, 11) is 3.33. The third-order valence-corrected chi connectivity index (χ3v) is 4.50. The Bertz CT molecular complexity index is 531. The van der Waals surface area contributed by atoms with Gasteiger partial charge in [0, 0.05) is 50.7 Å². The quantitative estimate of drug-likeness (QED) is 0.551. The van der Waals surface area contributed by atoms with Crippen molar-refractivity contribution in [2.45, 2.75) is 19.4 Å². The van der Waals surface area contributed by atoms with Gasteiger partial charge in [-0.25, -0.2) is 0 Å². The molecule has 0 unspecified atom stereocenters. The summed E-state index contributed by atoms with van der Waals surface area (Å²) in [5.74, 6) is 0.620. The van der Waals surface area contributed by atoms with Gasteiger partial charge in [0.1, 0.15) is 0 Å². The first-order valence-electron chi connectivity index (χ1n) is 8.35. The molecule has 1 fully saturated rings. The second kappa shape index (κ2) is 9.56. The van der Waals surface area contributed by atoms with Crippen molar-refractivity contribution in [2.75, 3.05) is 52.3 Å².